The summed E-state index contributed by atoms with van der Waals surface area (Å²) in [7, 11) is 1.65. The zero-order valence-electron chi connectivity index (χ0n) is 25.6. The molecule has 0 aromatic rings. The topological polar surface area (TPSA) is 81.7 Å². The van der Waals surface area contributed by atoms with Crippen molar-refractivity contribution < 1.29 is 38.0 Å². The third-order valence-corrected chi connectivity index (χ3v) is 6.40. The van der Waals surface area contributed by atoms with E-state index in [0.29, 0.717) is 85.7 Å². The largest absolute Gasteiger partial charge is 0.463 e. The molecule has 0 N–H and O–H groups in total. The molecule has 8 heteroatoms. The highest BCUT2D eigenvalue weighted by Gasteiger charge is 2.03. The minimum Gasteiger partial charge on any atom is -0.463 e. The first-order valence-corrected chi connectivity index (χ1v) is 15.8. The third kappa shape index (κ3) is 35.2. The number of unbranched alkanes of at least 4 members (excludes halogenated alkanes) is 14. The van der Waals surface area contributed by atoms with Gasteiger partial charge in [0.2, 0.25) is 0 Å². The van der Waals surface area contributed by atoms with Gasteiger partial charge in [0.25, 0.3) is 0 Å². The van der Waals surface area contributed by atoms with E-state index >= 15 is 0 Å². The van der Waals surface area contributed by atoms with Crippen LogP contribution in [0.5, 0.6) is 0 Å². The van der Waals surface area contributed by atoms with Gasteiger partial charge in [-0.2, -0.15) is 0 Å². The Hall–Kier alpha value is -0.770. The number of ether oxygens (including phenoxy) is 7. The second kappa shape index (κ2) is 35.3. The van der Waals surface area contributed by atoms with Gasteiger partial charge < -0.3 is 33.2 Å². The molecular formula is C31H62O8. The van der Waals surface area contributed by atoms with E-state index < -0.39 is 0 Å². The second-order valence-corrected chi connectivity index (χ2v) is 9.97. The van der Waals surface area contributed by atoms with Gasteiger partial charge in [-0.1, -0.05) is 96.8 Å². The van der Waals surface area contributed by atoms with E-state index in [9.17, 15) is 4.79 Å². The molecule has 0 aromatic carbocycles. The number of esters is 1. The fourth-order valence-corrected chi connectivity index (χ4v) is 4.05. The number of methoxy groups -OCH3 is 1. The van der Waals surface area contributed by atoms with E-state index in [1.807, 2.05) is 0 Å². The smallest absolute Gasteiger partial charge is 0.305 e. The first kappa shape index (κ1) is 38.2. The minimum absolute atomic E-state index is 0.121. The van der Waals surface area contributed by atoms with Crippen LogP contribution in [-0.4, -0.2) is 92.4 Å². The first-order valence-electron chi connectivity index (χ1n) is 15.8. The van der Waals surface area contributed by atoms with Crippen molar-refractivity contribution in [1.29, 1.82) is 0 Å². The van der Waals surface area contributed by atoms with E-state index in [2.05, 4.69) is 6.92 Å². The van der Waals surface area contributed by atoms with Crippen LogP contribution in [-0.2, 0) is 38.0 Å². The average Bonchev–Trinajstić information content (AvgIpc) is 2.94. The summed E-state index contributed by atoms with van der Waals surface area (Å²) in [6.07, 6.45) is 20.3. The Morgan fingerprint density at radius 1 is 0.410 bits per heavy atom. The highest BCUT2D eigenvalue weighted by atomic mass is 16.6. The molecule has 0 aliphatic rings. The molecule has 0 aliphatic carbocycles. The predicted octanol–water partition coefficient (Wildman–Crippen LogP) is 6.52. The standard InChI is InChI=1S/C31H62O8/c1-3-4-5-6-7-8-9-10-11-12-13-14-15-16-17-18-31(32)39-30-29-38-28-27-37-26-25-36-24-23-35-22-21-34-20-19-33-2/h3-30H2,1-2H3. The molecule has 0 bridgehead atoms. The Kier molecular flexibility index (Phi) is 34.6. The molecule has 8 nitrogen and oxygen atoms in total. The van der Waals surface area contributed by atoms with E-state index in [4.69, 9.17) is 33.2 Å². The molecule has 0 aromatic heterocycles. The maximum absolute atomic E-state index is 11.8. The molecule has 234 valence electrons. The van der Waals surface area contributed by atoms with Gasteiger partial charge in [0.1, 0.15) is 6.61 Å². The Morgan fingerprint density at radius 2 is 0.718 bits per heavy atom. The van der Waals surface area contributed by atoms with Crippen molar-refractivity contribution in [3.63, 3.8) is 0 Å². The summed E-state index contributed by atoms with van der Waals surface area (Å²) in [5, 5.41) is 0. The number of hydrogen-bond acceptors (Lipinski definition) is 8. The Balaban J connectivity index is 3.14. The fraction of sp³-hybridized carbons (Fsp3) is 0.968. The van der Waals surface area contributed by atoms with Crippen LogP contribution < -0.4 is 0 Å². The van der Waals surface area contributed by atoms with Crippen LogP contribution in [0.3, 0.4) is 0 Å². The SMILES string of the molecule is CCCCCCCCCCCCCCCCCC(=O)OCCOCCOCCOCCOCCOCCOC. The lowest BCUT2D eigenvalue weighted by Crippen LogP contribution is -2.15. The predicted molar refractivity (Wildman–Crippen MR) is 156 cm³/mol. The van der Waals surface area contributed by atoms with Crippen molar-refractivity contribution in [3.05, 3.63) is 0 Å². The zero-order valence-corrected chi connectivity index (χ0v) is 25.6. The summed E-state index contributed by atoms with van der Waals surface area (Å²) < 4.78 is 37.1. The van der Waals surface area contributed by atoms with E-state index in [1.165, 1.54) is 83.5 Å². The lowest BCUT2D eigenvalue weighted by Gasteiger charge is -2.08. The molecule has 0 amide bonds. The molecule has 0 saturated heterocycles. The third-order valence-electron chi connectivity index (χ3n) is 6.40. The maximum atomic E-state index is 11.8. The van der Waals surface area contributed by atoms with Crippen molar-refractivity contribution in [2.45, 2.75) is 110 Å². The lowest BCUT2D eigenvalue weighted by molar-refractivity contribution is -0.145. The lowest BCUT2D eigenvalue weighted by atomic mass is 10.0. The van der Waals surface area contributed by atoms with Crippen LogP contribution in [0.15, 0.2) is 0 Å². The minimum atomic E-state index is -0.121. The molecule has 0 saturated carbocycles. The summed E-state index contributed by atoms with van der Waals surface area (Å²) in [4.78, 5) is 11.8. The molecule has 39 heavy (non-hydrogen) atoms. The summed E-state index contributed by atoms with van der Waals surface area (Å²) in [5.74, 6) is -0.121. The molecule has 0 aliphatic heterocycles. The maximum Gasteiger partial charge on any atom is 0.305 e. The van der Waals surface area contributed by atoms with Crippen molar-refractivity contribution in [1.82, 2.24) is 0 Å². The number of carbonyl (C=O) groups excluding carboxylic acids is 1. The van der Waals surface area contributed by atoms with Crippen LogP contribution in [0.25, 0.3) is 0 Å². The van der Waals surface area contributed by atoms with Gasteiger partial charge in [-0.25, -0.2) is 0 Å². The van der Waals surface area contributed by atoms with Gasteiger partial charge in [0.05, 0.1) is 72.7 Å². The highest BCUT2D eigenvalue weighted by Crippen LogP contribution is 2.13. The Labute approximate surface area is 240 Å². The van der Waals surface area contributed by atoms with Crippen molar-refractivity contribution >= 4 is 5.97 Å². The quantitative estimate of drug-likeness (QED) is 0.0648. The van der Waals surface area contributed by atoms with Gasteiger partial charge in [0.15, 0.2) is 0 Å². The van der Waals surface area contributed by atoms with Crippen molar-refractivity contribution in [2.24, 2.45) is 0 Å². The van der Waals surface area contributed by atoms with Gasteiger partial charge in [-0.15, -0.1) is 0 Å². The van der Waals surface area contributed by atoms with E-state index in [-0.39, 0.29) is 5.97 Å². The number of rotatable bonds is 34. The average molecular weight is 563 g/mol. The normalized spacial score (nSPS) is 11.3. The number of carbonyl (C=O) groups is 1. The van der Waals surface area contributed by atoms with Gasteiger partial charge in [0, 0.05) is 13.5 Å². The van der Waals surface area contributed by atoms with E-state index in [0.717, 1.165) is 12.8 Å². The fourth-order valence-electron chi connectivity index (χ4n) is 4.05. The summed E-state index contributed by atoms with van der Waals surface area (Å²) >= 11 is 0. The first-order chi connectivity index (χ1) is 19.3. The van der Waals surface area contributed by atoms with Crippen LogP contribution in [0, 0.1) is 0 Å². The highest BCUT2D eigenvalue weighted by molar-refractivity contribution is 5.69. The van der Waals surface area contributed by atoms with Gasteiger partial charge in [-0.3, -0.25) is 4.79 Å². The zero-order chi connectivity index (χ0) is 28.3. The van der Waals surface area contributed by atoms with Gasteiger partial charge >= 0.3 is 5.97 Å². The molecule has 0 unspecified atom stereocenters. The summed E-state index contributed by atoms with van der Waals surface area (Å²) in [6.45, 7) is 8.34. The Morgan fingerprint density at radius 3 is 1.08 bits per heavy atom. The number of hydrogen-bond donors (Lipinski definition) is 0. The molecule has 0 fully saturated rings. The second-order valence-electron chi connectivity index (χ2n) is 9.97. The van der Waals surface area contributed by atoms with Crippen molar-refractivity contribution in [3.8, 4) is 0 Å². The van der Waals surface area contributed by atoms with Crippen LogP contribution in [0.2, 0.25) is 0 Å². The van der Waals surface area contributed by atoms with Crippen LogP contribution >= 0.6 is 0 Å². The monoisotopic (exact) mass is 562 g/mol. The molecule has 0 radical (unpaired) electrons. The summed E-state index contributed by atoms with van der Waals surface area (Å²) in [5.41, 5.74) is 0. The van der Waals surface area contributed by atoms with Crippen molar-refractivity contribution in [2.75, 3.05) is 86.4 Å². The molecule has 0 spiro atoms. The Bertz CT molecular complexity index is 464. The summed E-state index contributed by atoms with van der Waals surface area (Å²) in [6, 6.07) is 0. The van der Waals surface area contributed by atoms with Crippen LogP contribution in [0.1, 0.15) is 110 Å². The molecular weight excluding hydrogens is 500 g/mol. The van der Waals surface area contributed by atoms with E-state index in [1.54, 1.807) is 7.11 Å². The van der Waals surface area contributed by atoms with Gasteiger partial charge in [-0.05, 0) is 6.42 Å². The molecule has 0 atom stereocenters. The molecule has 0 heterocycles. The molecule has 0 rings (SSSR count). The van der Waals surface area contributed by atoms with Crippen LogP contribution in [0.4, 0.5) is 0 Å².